The molecule has 3 N–H and O–H groups in total. The van der Waals surface area contributed by atoms with Crippen LogP contribution in [0.15, 0.2) is 23.0 Å². The second kappa shape index (κ2) is 6.92. The smallest absolute Gasteiger partial charge is 0.0935 e. The number of hydrogen-bond acceptors (Lipinski definition) is 4. The van der Waals surface area contributed by atoms with Gasteiger partial charge in [-0.05, 0) is 30.2 Å². The standard InChI is InChI=1S/C10H18N2OS/c1-2-5-14-8-10(12-11)6-9-3-4-13-7-9/h3-4,7,10,12H,2,5-6,8,11H2,1H3. The second-order valence-corrected chi connectivity index (χ2v) is 4.42. The molecule has 0 saturated heterocycles. The topological polar surface area (TPSA) is 51.2 Å². The SMILES string of the molecule is CCCSCC(Cc1ccoc1)NN. The van der Waals surface area contributed by atoms with Crippen molar-refractivity contribution in [1.29, 1.82) is 0 Å². The molecule has 4 heteroatoms. The zero-order valence-electron chi connectivity index (χ0n) is 8.53. The van der Waals surface area contributed by atoms with Crippen molar-refractivity contribution < 1.29 is 4.42 Å². The summed E-state index contributed by atoms with van der Waals surface area (Å²) in [5.41, 5.74) is 4.04. The van der Waals surface area contributed by atoms with Crippen LogP contribution in [-0.2, 0) is 6.42 Å². The maximum Gasteiger partial charge on any atom is 0.0935 e. The summed E-state index contributed by atoms with van der Waals surface area (Å²) in [5, 5.41) is 0. The van der Waals surface area contributed by atoms with Gasteiger partial charge >= 0.3 is 0 Å². The molecule has 0 fully saturated rings. The molecular formula is C10H18N2OS. The molecule has 1 heterocycles. The van der Waals surface area contributed by atoms with E-state index in [2.05, 4.69) is 12.3 Å². The first-order valence-corrected chi connectivity index (χ1v) is 6.07. The van der Waals surface area contributed by atoms with E-state index in [1.165, 1.54) is 17.7 Å². The van der Waals surface area contributed by atoms with Crippen LogP contribution in [0, 0.1) is 0 Å². The van der Waals surface area contributed by atoms with Gasteiger partial charge in [-0.2, -0.15) is 11.8 Å². The summed E-state index contributed by atoms with van der Waals surface area (Å²) < 4.78 is 5.01. The Labute approximate surface area is 89.4 Å². The molecule has 14 heavy (non-hydrogen) atoms. The summed E-state index contributed by atoms with van der Waals surface area (Å²) >= 11 is 1.93. The number of rotatable bonds is 7. The summed E-state index contributed by atoms with van der Waals surface area (Å²) in [5.74, 6) is 7.73. The Morgan fingerprint density at radius 1 is 1.64 bits per heavy atom. The fraction of sp³-hybridized carbons (Fsp3) is 0.600. The number of hydrogen-bond donors (Lipinski definition) is 2. The lowest BCUT2D eigenvalue weighted by molar-refractivity contribution is 0.548. The number of hydrazine groups is 1. The highest BCUT2D eigenvalue weighted by atomic mass is 32.2. The van der Waals surface area contributed by atoms with Crippen LogP contribution >= 0.6 is 11.8 Å². The summed E-state index contributed by atoms with van der Waals surface area (Å²) in [7, 11) is 0. The van der Waals surface area contributed by atoms with Gasteiger partial charge in [0.2, 0.25) is 0 Å². The van der Waals surface area contributed by atoms with E-state index in [0.717, 1.165) is 12.2 Å². The van der Waals surface area contributed by atoms with Crippen molar-refractivity contribution in [2.75, 3.05) is 11.5 Å². The summed E-state index contributed by atoms with van der Waals surface area (Å²) in [6.45, 7) is 2.19. The molecule has 1 aromatic heterocycles. The zero-order chi connectivity index (χ0) is 10.2. The van der Waals surface area contributed by atoms with Gasteiger partial charge in [-0.1, -0.05) is 6.92 Å². The third kappa shape index (κ3) is 4.17. The van der Waals surface area contributed by atoms with E-state index in [1.54, 1.807) is 12.5 Å². The van der Waals surface area contributed by atoms with Crippen LogP contribution in [0.4, 0.5) is 0 Å². The molecular weight excluding hydrogens is 196 g/mol. The Balaban J connectivity index is 2.24. The molecule has 1 aromatic rings. The number of thioether (sulfide) groups is 1. The van der Waals surface area contributed by atoms with Crippen LogP contribution in [0.1, 0.15) is 18.9 Å². The van der Waals surface area contributed by atoms with Gasteiger partial charge in [0.05, 0.1) is 12.5 Å². The average Bonchev–Trinajstić information content (AvgIpc) is 2.69. The molecule has 0 aromatic carbocycles. The normalized spacial score (nSPS) is 13.0. The highest BCUT2D eigenvalue weighted by Crippen LogP contribution is 2.09. The number of nitrogens with two attached hydrogens (primary N) is 1. The van der Waals surface area contributed by atoms with Gasteiger partial charge in [-0.3, -0.25) is 11.3 Å². The molecule has 1 rings (SSSR count). The molecule has 0 amide bonds. The van der Waals surface area contributed by atoms with Crippen LogP contribution in [0.25, 0.3) is 0 Å². The Hall–Kier alpha value is -0.450. The first-order chi connectivity index (χ1) is 6.86. The molecule has 1 atom stereocenters. The minimum absolute atomic E-state index is 0.337. The lowest BCUT2D eigenvalue weighted by atomic mass is 10.1. The lowest BCUT2D eigenvalue weighted by Crippen LogP contribution is -2.38. The van der Waals surface area contributed by atoms with Gasteiger partial charge in [0.15, 0.2) is 0 Å². The van der Waals surface area contributed by atoms with E-state index < -0.39 is 0 Å². The Morgan fingerprint density at radius 3 is 3.07 bits per heavy atom. The molecule has 1 unspecified atom stereocenters. The summed E-state index contributed by atoms with van der Waals surface area (Å²) in [6.07, 6.45) is 5.62. The number of furan rings is 1. The van der Waals surface area contributed by atoms with E-state index >= 15 is 0 Å². The summed E-state index contributed by atoms with van der Waals surface area (Å²) in [4.78, 5) is 0. The zero-order valence-corrected chi connectivity index (χ0v) is 9.35. The quantitative estimate of drug-likeness (QED) is 0.413. The minimum Gasteiger partial charge on any atom is -0.472 e. The van der Waals surface area contributed by atoms with Crippen molar-refractivity contribution in [2.45, 2.75) is 25.8 Å². The van der Waals surface area contributed by atoms with Crippen molar-refractivity contribution >= 4 is 11.8 Å². The molecule has 0 bridgehead atoms. The average molecular weight is 214 g/mol. The van der Waals surface area contributed by atoms with Gasteiger partial charge in [0.25, 0.3) is 0 Å². The van der Waals surface area contributed by atoms with Gasteiger partial charge in [0.1, 0.15) is 0 Å². The van der Waals surface area contributed by atoms with E-state index in [4.69, 9.17) is 10.3 Å². The van der Waals surface area contributed by atoms with Crippen molar-refractivity contribution in [3.05, 3.63) is 24.2 Å². The fourth-order valence-corrected chi connectivity index (χ4v) is 2.18. The molecule has 0 spiro atoms. The van der Waals surface area contributed by atoms with E-state index in [1.807, 2.05) is 17.8 Å². The van der Waals surface area contributed by atoms with Crippen molar-refractivity contribution in [3.63, 3.8) is 0 Å². The maximum absolute atomic E-state index is 5.48. The molecule has 3 nitrogen and oxygen atoms in total. The van der Waals surface area contributed by atoms with Crippen molar-refractivity contribution in [2.24, 2.45) is 5.84 Å². The molecule has 80 valence electrons. The van der Waals surface area contributed by atoms with Gasteiger partial charge in [-0.25, -0.2) is 0 Å². The van der Waals surface area contributed by atoms with Gasteiger partial charge in [-0.15, -0.1) is 0 Å². The van der Waals surface area contributed by atoms with Crippen LogP contribution in [-0.4, -0.2) is 17.5 Å². The molecule has 0 aliphatic heterocycles. The van der Waals surface area contributed by atoms with Crippen LogP contribution in [0.2, 0.25) is 0 Å². The second-order valence-electron chi connectivity index (χ2n) is 3.27. The Bertz CT molecular complexity index is 226. The third-order valence-electron chi connectivity index (χ3n) is 1.97. The predicted molar refractivity (Wildman–Crippen MR) is 61.1 cm³/mol. The predicted octanol–water partition coefficient (Wildman–Crippen LogP) is 1.80. The Kier molecular flexibility index (Phi) is 5.75. The van der Waals surface area contributed by atoms with Crippen molar-refractivity contribution in [1.82, 2.24) is 5.43 Å². The van der Waals surface area contributed by atoms with E-state index in [9.17, 15) is 0 Å². The Morgan fingerprint density at radius 2 is 2.50 bits per heavy atom. The van der Waals surface area contributed by atoms with Crippen molar-refractivity contribution in [3.8, 4) is 0 Å². The lowest BCUT2D eigenvalue weighted by Gasteiger charge is -2.13. The van der Waals surface area contributed by atoms with Gasteiger partial charge in [0, 0.05) is 11.8 Å². The molecule has 0 saturated carbocycles. The third-order valence-corrected chi connectivity index (χ3v) is 3.30. The van der Waals surface area contributed by atoms with Crippen LogP contribution < -0.4 is 11.3 Å². The molecule has 0 aliphatic carbocycles. The van der Waals surface area contributed by atoms with E-state index in [0.29, 0.717) is 6.04 Å². The summed E-state index contributed by atoms with van der Waals surface area (Å²) in [6, 6.07) is 2.32. The van der Waals surface area contributed by atoms with Gasteiger partial charge < -0.3 is 4.42 Å². The highest BCUT2D eigenvalue weighted by Gasteiger charge is 2.07. The maximum atomic E-state index is 5.48. The fourth-order valence-electron chi connectivity index (χ4n) is 1.23. The largest absolute Gasteiger partial charge is 0.472 e. The minimum atomic E-state index is 0.337. The molecule has 0 aliphatic rings. The first kappa shape index (κ1) is 11.6. The molecule has 0 radical (unpaired) electrons. The van der Waals surface area contributed by atoms with Crippen LogP contribution in [0.5, 0.6) is 0 Å². The monoisotopic (exact) mass is 214 g/mol. The first-order valence-electron chi connectivity index (χ1n) is 4.91. The number of nitrogens with one attached hydrogen (secondary N) is 1. The highest BCUT2D eigenvalue weighted by molar-refractivity contribution is 7.99. The van der Waals surface area contributed by atoms with Crippen LogP contribution in [0.3, 0.4) is 0 Å². The van der Waals surface area contributed by atoms with E-state index in [-0.39, 0.29) is 0 Å².